The van der Waals surface area contributed by atoms with Crippen LogP contribution in [0.4, 0.5) is 0 Å². The molecule has 2 amide bonds. The van der Waals surface area contributed by atoms with E-state index >= 15 is 0 Å². The normalized spacial score (nSPS) is 21.6. The number of piperidine rings is 1. The van der Waals surface area contributed by atoms with Gasteiger partial charge in [0.05, 0.1) is 19.1 Å². The van der Waals surface area contributed by atoms with Crippen molar-refractivity contribution >= 4 is 17.6 Å². The SMILES string of the molecule is CC(=O)c1c[nH]c(C(=O)N2CCCC(C(=O)N3CCOCC3)C2)c1. The fourth-order valence-corrected chi connectivity index (χ4v) is 3.30. The molecule has 2 saturated heterocycles. The first-order valence-corrected chi connectivity index (χ1v) is 8.41. The molecule has 7 nitrogen and oxygen atoms in total. The van der Waals surface area contributed by atoms with Gasteiger partial charge in [0.1, 0.15) is 5.69 Å². The predicted molar refractivity (Wildman–Crippen MR) is 86.8 cm³/mol. The summed E-state index contributed by atoms with van der Waals surface area (Å²) in [7, 11) is 0. The summed E-state index contributed by atoms with van der Waals surface area (Å²) in [4.78, 5) is 43.0. The van der Waals surface area contributed by atoms with E-state index in [9.17, 15) is 14.4 Å². The Morgan fingerprint density at radius 2 is 1.92 bits per heavy atom. The number of ether oxygens (including phenoxy) is 1. The van der Waals surface area contributed by atoms with Crippen molar-refractivity contribution in [3.05, 3.63) is 23.5 Å². The third kappa shape index (κ3) is 3.51. The number of likely N-dealkylation sites (tertiary alicyclic amines) is 1. The van der Waals surface area contributed by atoms with Crippen LogP contribution in [0.1, 0.15) is 40.6 Å². The molecule has 3 heterocycles. The Balaban J connectivity index is 1.64. The summed E-state index contributed by atoms with van der Waals surface area (Å²) < 4.78 is 5.29. The molecule has 2 aliphatic rings. The van der Waals surface area contributed by atoms with Crippen LogP contribution in [-0.4, -0.2) is 71.8 Å². The maximum absolute atomic E-state index is 12.6. The number of amides is 2. The smallest absolute Gasteiger partial charge is 0.270 e. The van der Waals surface area contributed by atoms with Crippen molar-refractivity contribution < 1.29 is 19.1 Å². The van der Waals surface area contributed by atoms with Gasteiger partial charge < -0.3 is 19.5 Å². The second-order valence-electron chi connectivity index (χ2n) is 6.39. The lowest BCUT2D eigenvalue weighted by atomic mass is 9.96. The molecule has 1 N–H and O–H groups in total. The molecule has 2 fully saturated rings. The Bertz CT molecular complexity index is 634. The average molecular weight is 333 g/mol. The Labute approximate surface area is 140 Å². The van der Waals surface area contributed by atoms with E-state index in [1.54, 1.807) is 17.2 Å². The van der Waals surface area contributed by atoms with E-state index in [0.29, 0.717) is 50.7 Å². The van der Waals surface area contributed by atoms with Gasteiger partial charge >= 0.3 is 0 Å². The van der Waals surface area contributed by atoms with Gasteiger partial charge in [-0.2, -0.15) is 0 Å². The van der Waals surface area contributed by atoms with Crippen LogP contribution in [0.15, 0.2) is 12.3 Å². The van der Waals surface area contributed by atoms with Crippen LogP contribution < -0.4 is 0 Å². The first kappa shape index (κ1) is 16.7. The summed E-state index contributed by atoms with van der Waals surface area (Å²) >= 11 is 0. The lowest BCUT2D eigenvalue weighted by Crippen LogP contribution is -2.49. The number of nitrogens with one attached hydrogen (secondary N) is 1. The molecule has 0 spiro atoms. The van der Waals surface area contributed by atoms with Crippen LogP contribution in [0.2, 0.25) is 0 Å². The van der Waals surface area contributed by atoms with Crippen molar-refractivity contribution in [1.82, 2.24) is 14.8 Å². The fraction of sp³-hybridized carbons (Fsp3) is 0.588. The third-order valence-electron chi connectivity index (χ3n) is 4.70. The van der Waals surface area contributed by atoms with Crippen LogP contribution >= 0.6 is 0 Å². The molecule has 1 aromatic rings. The number of aromatic amines is 1. The molecule has 3 rings (SSSR count). The Kier molecular flexibility index (Phi) is 4.99. The van der Waals surface area contributed by atoms with Gasteiger partial charge in [-0.1, -0.05) is 0 Å². The number of carbonyl (C=O) groups is 3. The minimum Gasteiger partial charge on any atom is -0.378 e. The number of aromatic nitrogens is 1. The van der Waals surface area contributed by atoms with Gasteiger partial charge in [-0.3, -0.25) is 14.4 Å². The second-order valence-corrected chi connectivity index (χ2v) is 6.39. The van der Waals surface area contributed by atoms with Crippen molar-refractivity contribution in [2.75, 3.05) is 39.4 Å². The lowest BCUT2D eigenvalue weighted by molar-refractivity contribution is -0.141. The van der Waals surface area contributed by atoms with Crippen LogP contribution in [0.5, 0.6) is 0 Å². The minimum absolute atomic E-state index is 0.0793. The topological polar surface area (TPSA) is 82.7 Å². The van der Waals surface area contributed by atoms with Crippen LogP contribution in [0.3, 0.4) is 0 Å². The molecule has 0 bridgehead atoms. The molecule has 130 valence electrons. The lowest BCUT2D eigenvalue weighted by Gasteiger charge is -2.36. The van der Waals surface area contributed by atoms with E-state index in [1.807, 2.05) is 4.90 Å². The fourth-order valence-electron chi connectivity index (χ4n) is 3.30. The summed E-state index contributed by atoms with van der Waals surface area (Å²) in [5.41, 5.74) is 0.899. The number of Topliss-reactive ketones (excluding diaryl/α,β-unsaturated/α-hetero) is 1. The molecule has 0 aromatic carbocycles. The number of hydrogen-bond acceptors (Lipinski definition) is 4. The zero-order valence-electron chi connectivity index (χ0n) is 13.9. The summed E-state index contributed by atoms with van der Waals surface area (Å²) in [5.74, 6) is -0.263. The number of carbonyl (C=O) groups excluding carboxylic acids is 3. The monoisotopic (exact) mass is 333 g/mol. The standard InChI is InChI=1S/C17H23N3O4/c1-12(21)14-9-15(18-10-14)17(23)20-4-2-3-13(11-20)16(22)19-5-7-24-8-6-19/h9-10,13,18H,2-8,11H2,1H3. The molecule has 1 unspecified atom stereocenters. The molecule has 1 atom stereocenters. The van der Waals surface area contributed by atoms with E-state index in [2.05, 4.69) is 4.98 Å². The number of H-pyrrole nitrogens is 1. The third-order valence-corrected chi connectivity index (χ3v) is 4.70. The molecule has 0 aliphatic carbocycles. The van der Waals surface area contributed by atoms with Gasteiger partial charge in [-0.05, 0) is 25.8 Å². The first-order chi connectivity index (χ1) is 11.6. The van der Waals surface area contributed by atoms with E-state index < -0.39 is 0 Å². The Morgan fingerprint density at radius 3 is 2.58 bits per heavy atom. The van der Waals surface area contributed by atoms with E-state index in [4.69, 9.17) is 4.74 Å². The summed E-state index contributed by atoms with van der Waals surface area (Å²) in [6.45, 7) is 4.96. The number of nitrogens with zero attached hydrogens (tertiary/aromatic N) is 2. The van der Waals surface area contributed by atoms with Crippen molar-refractivity contribution in [2.45, 2.75) is 19.8 Å². The number of hydrogen-bond donors (Lipinski definition) is 1. The predicted octanol–water partition coefficient (Wildman–Crippen LogP) is 0.928. The molecule has 2 aliphatic heterocycles. The highest BCUT2D eigenvalue weighted by Gasteiger charge is 2.32. The molecule has 1 aromatic heterocycles. The van der Waals surface area contributed by atoms with Crippen molar-refractivity contribution in [3.8, 4) is 0 Å². The quantitative estimate of drug-likeness (QED) is 0.834. The second kappa shape index (κ2) is 7.17. The number of rotatable bonds is 3. The Hall–Kier alpha value is -2.15. The van der Waals surface area contributed by atoms with E-state index in [0.717, 1.165) is 12.8 Å². The van der Waals surface area contributed by atoms with Crippen molar-refractivity contribution in [3.63, 3.8) is 0 Å². The highest BCUT2D eigenvalue weighted by Crippen LogP contribution is 2.21. The average Bonchev–Trinajstić information content (AvgIpc) is 3.12. The van der Waals surface area contributed by atoms with Gasteiger partial charge in [-0.25, -0.2) is 0 Å². The Morgan fingerprint density at radius 1 is 1.17 bits per heavy atom. The van der Waals surface area contributed by atoms with Crippen molar-refractivity contribution in [2.24, 2.45) is 5.92 Å². The molecular weight excluding hydrogens is 310 g/mol. The van der Waals surface area contributed by atoms with E-state index in [1.165, 1.54) is 6.92 Å². The largest absolute Gasteiger partial charge is 0.378 e. The van der Waals surface area contributed by atoms with Gasteiger partial charge in [0, 0.05) is 37.9 Å². The van der Waals surface area contributed by atoms with Crippen LogP contribution in [0, 0.1) is 5.92 Å². The van der Waals surface area contributed by atoms with Gasteiger partial charge in [-0.15, -0.1) is 0 Å². The summed E-state index contributed by atoms with van der Waals surface area (Å²) in [6, 6.07) is 1.58. The van der Waals surface area contributed by atoms with Gasteiger partial charge in [0.25, 0.3) is 5.91 Å². The molecule has 0 saturated carbocycles. The summed E-state index contributed by atoms with van der Waals surface area (Å²) in [6.07, 6.45) is 3.17. The highest BCUT2D eigenvalue weighted by atomic mass is 16.5. The zero-order chi connectivity index (χ0) is 17.1. The van der Waals surface area contributed by atoms with Crippen LogP contribution in [-0.2, 0) is 9.53 Å². The van der Waals surface area contributed by atoms with Gasteiger partial charge in [0.2, 0.25) is 5.91 Å². The molecule has 0 radical (unpaired) electrons. The number of ketones is 1. The van der Waals surface area contributed by atoms with E-state index in [-0.39, 0.29) is 23.5 Å². The number of morpholine rings is 1. The molecular formula is C17H23N3O4. The maximum Gasteiger partial charge on any atom is 0.270 e. The summed E-state index contributed by atoms with van der Waals surface area (Å²) in [5, 5.41) is 0. The molecule has 24 heavy (non-hydrogen) atoms. The van der Waals surface area contributed by atoms with Crippen LogP contribution in [0.25, 0.3) is 0 Å². The van der Waals surface area contributed by atoms with Gasteiger partial charge in [0.15, 0.2) is 5.78 Å². The molecule has 7 heteroatoms. The minimum atomic E-state index is -0.151. The first-order valence-electron chi connectivity index (χ1n) is 8.41. The maximum atomic E-state index is 12.6. The van der Waals surface area contributed by atoms with Crippen molar-refractivity contribution in [1.29, 1.82) is 0 Å². The highest BCUT2D eigenvalue weighted by molar-refractivity contribution is 5.99. The zero-order valence-corrected chi connectivity index (χ0v) is 13.9.